The number of pyridine rings is 2. The van der Waals surface area contributed by atoms with Crippen LogP contribution in [0.3, 0.4) is 0 Å². The van der Waals surface area contributed by atoms with E-state index in [4.69, 9.17) is 37.5 Å². The highest BCUT2D eigenvalue weighted by Gasteiger charge is 2.47. The number of hydrogen-bond donors (Lipinski definition) is 6. The van der Waals surface area contributed by atoms with Crippen LogP contribution in [0.5, 0.6) is 0 Å². The third kappa shape index (κ3) is 16.1. The zero-order valence-electron chi connectivity index (χ0n) is 62.4. The number of amides is 4. The number of ether oxygens (including phenoxy) is 2. The maximum atomic E-state index is 14.1. The van der Waals surface area contributed by atoms with Gasteiger partial charge in [0.15, 0.2) is 0 Å². The maximum absolute atomic E-state index is 14.1. The SMILES string of the molecule is CC(C)=C(Cl)N(C)C.Cc1cccc(N)c1N.Cc1cccc2nc(-c3cc4c(s3)-c3ccccc3N(C(=O)c3ccc(NC(=O)c5cccnc5N5CC6(CCOCC6)C5)cc3)CC4)[nH]c12.O=C(O)c1cc2c(s1)-c1ccccc1N(C(=O)c1ccc(NC(=O)c3cccnc3N3CC4(CCOCC4)C3)cc1)CC2. The molecular weight excluding hydrogens is 1440 g/mol. The summed E-state index contributed by atoms with van der Waals surface area (Å²) in [6.07, 6.45) is 8.88. The van der Waals surface area contributed by atoms with Crippen LogP contribution in [0.4, 0.5) is 45.8 Å². The molecule has 0 radical (unpaired) electrons. The Kier molecular flexibility index (Phi) is 22.4. The van der Waals surface area contributed by atoms with Gasteiger partial charge in [0, 0.05) is 146 Å². The lowest BCUT2D eigenvalue weighted by Crippen LogP contribution is -2.59. The molecule has 0 bridgehead atoms. The Morgan fingerprint density at radius 2 is 1.05 bits per heavy atom. The Hall–Kier alpha value is -11.2. The first-order chi connectivity index (χ1) is 53.1. The van der Waals surface area contributed by atoms with E-state index in [1.54, 1.807) is 107 Å². The van der Waals surface area contributed by atoms with E-state index in [-0.39, 0.29) is 34.5 Å². The molecule has 0 aliphatic carbocycles. The van der Waals surface area contributed by atoms with E-state index in [0.717, 1.165) is 161 Å². The number of H-pyrrole nitrogens is 1. The third-order valence-corrected chi connectivity index (χ3v) is 24.3. The number of carboxylic acid groups (broad SMARTS) is 1. The van der Waals surface area contributed by atoms with Gasteiger partial charge in [-0.05, 0) is 203 Å². The Bertz CT molecular complexity index is 5270. The van der Waals surface area contributed by atoms with Gasteiger partial charge in [-0.3, -0.25) is 19.2 Å². The van der Waals surface area contributed by atoms with Gasteiger partial charge in [0.1, 0.15) is 27.5 Å². The number of carbonyl (C=O) groups excluding carboxylic acids is 4. The van der Waals surface area contributed by atoms with Crippen molar-refractivity contribution in [2.24, 2.45) is 10.8 Å². The number of aromatic amines is 1. The van der Waals surface area contributed by atoms with Gasteiger partial charge < -0.3 is 66.2 Å². The van der Waals surface area contributed by atoms with E-state index in [2.05, 4.69) is 60.5 Å². The zero-order chi connectivity index (χ0) is 77.0. The van der Waals surface area contributed by atoms with Gasteiger partial charge in [-0.15, -0.1) is 22.7 Å². The van der Waals surface area contributed by atoms with Crippen LogP contribution in [0.15, 0.2) is 193 Å². The third-order valence-electron chi connectivity index (χ3n) is 21.2. The van der Waals surface area contributed by atoms with Crippen LogP contribution in [0.1, 0.15) is 113 Å². The van der Waals surface area contributed by atoms with Crippen molar-refractivity contribution in [3.63, 3.8) is 0 Å². The first-order valence-electron chi connectivity index (χ1n) is 36.9. The number of benzene rings is 6. The standard InChI is InChI=1S/C40H36N6O3S.C33H30N4O5S.C7H10N2.C6H12ClN/c1-25-6-4-9-31-34(25)44-36(43-31)33-22-27-15-19-46(32-10-3-2-7-29(32)35(27)50-33)39(48)26-11-13-28(14-12-26)42-38(47)30-8-5-18-41-37(30)45-23-40(24-45)16-20-49-21-17-40;38-30(25-5-3-14-34-29(25)36-19-33(20-36)12-16-42-17-13-33)35-23-9-7-21(8-10-23)31(39)37-15-11-22-18-27(32(40)41)43-28(22)24-4-1-2-6-26(24)37;1-5-3-2-4-6(8)7(5)9;1-5(2)6(7)8(3)4/h2-14,18,22H,15-17,19-21,23-24H2,1H3,(H,42,47)(H,43,44);1-10,14,18H,11-13,15-17,19-20H2,(H,35,38)(H,40,41);2-4H,8-9H2,1H3;1-4H3. The minimum absolute atomic E-state index is 0.0761. The fourth-order valence-electron chi connectivity index (χ4n) is 15.1. The first kappa shape index (κ1) is 75.6. The molecule has 6 aliphatic rings. The average Bonchev–Trinajstić information content (AvgIpc) is 0.899. The van der Waals surface area contributed by atoms with Gasteiger partial charge in [0.2, 0.25) is 0 Å². The largest absolute Gasteiger partial charge is 0.477 e. The Morgan fingerprint density at radius 1 is 0.582 bits per heavy atom. The summed E-state index contributed by atoms with van der Waals surface area (Å²) in [5, 5.41) is 16.3. The molecule has 11 aromatic rings. The molecule has 4 amide bonds. The fourth-order valence-corrected chi connectivity index (χ4v) is 17.4. The second-order valence-electron chi connectivity index (χ2n) is 29.2. The predicted molar refractivity (Wildman–Crippen MR) is 442 cm³/mol. The lowest BCUT2D eigenvalue weighted by atomic mass is 9.73. The normalized spacial score (nSPS) is 15.5. The number of fused-ring (bicyclic) bond motifs is 7. The predicted octanol–water partition coefficient (Wildman–Crippen LogP) is 16.5. The highest BCUT2D eigenvalue weighted by atomic mass is 35.5. The molecule has 0 atom stereocenters. The molecule has 4 fully saturated rings. The number of nitrogens with zero attached hydrogens (tertiary/aromatic N) is 8. The molecule has 5 aromatic heterocycles. The molecule has 110 heavy (non-hydrogen) atoms. The van der Waals surface area contributed by atoms with Crippen LogP contribution in [-0.4, -0.2) is 139 Å². The smallest absolute Gasteiger partial charge is 0.345 e. The number of para-hydroxylation sites is 4. The second-order valence-corrected chi connectivity index (χ2v) is 31.7. The van der Waals surface area contributed by atoms with E-state index >= 15 is 0 Å². The van der Waals surface area contributed by atoms with E-state index in [9.17, 15) is 29.1 Å². The average molecular weight is 1530 g/mol. The van der Waals surface area contributed by atoms with Crippen molar-refractivity contribution in [1.29, 1.82) is 0 Å². The number of halogens is 1. The summed E-state index contributed by atoms with van der Waals surface area (Å²) in [4.78, 5) is 97.0. The highest BCUT2D eigenvalue weighted by molar-refractivity contribution is 7.19. The van der Waals surface area contributed by atoms with Crippen LogP contribution in [-0.2, 0) is 22.3 Å². The van der Waals surface area contributed by atoms with Crippen LogP contribution >= 0.6 is 34.3 Å². The number of hydrogen-bond acceptors (Lipinski definition) is 17. The van der Waals surface area contributed by atoms with Crippen LogP contribution in [0.2, 0.25) is 0 Å². The molecule has 21 nitrogen and oxygen atoms in total. The number of nitrogens with one attached hydrogen (secondary N) is 3. The lowest BCUT2D eigenvalue weighted by Gasteiger charge is -2.53. The van der Waals surface area contributed by atoms with E-state index < -0.39 is 5.97 Å². The summed E-state index contributed by atoms with van der Waals surface area (Å²) >= 11 is 8.70. The summed E-state index contributed by atoms with van der Waals surface area (Å²) in [6.45, 7) is 15.7. The van der Waals surface area contributed by atoms with Crippen molar-refractivity contribution in [3.8, 4) is 31.6 Å². The molecular formula is C86H88ClN13O8S2. The first-order valence-corrected chi connectivity index (χ1v) is 38.9. The molecule has 24 heteroatoms. The molecule has 11 heterocycles. The minimum Gasteiger partial charge on any atom is -0.477 e. The fraction of sp³-hybridized carbons (Fsp3) is 0.279. The van der Waals surface area contributed by atoms with Gasteiger partial charge in [0.05, 0.1) is 49.8 Å². The lowest BCUT2D eigenvalue weighted by molar-refractivity contribution is -0.000650. The van der Waals surface area contributed by atoms with Gasteiger partial charge >= 0.3 is 5.97 Å². The number of carbonyl (C=O) groups is 5. The molecule has 2 spiro atoms. The number of carboxylic acids is 1. The summed E-state index contributed by atoms with van der Waals surface area (Å²) < 4.78 is 11.1. The molecule has 0 saturated carbocycles. The van der Waals surface area contributed by atoms with Crippen LogP contribution < -0.4 is 41.7 Å². The topological polar surface area (TPSA) is 271 Å². The van der Waals surface area contributed by atoms with Crippen molar-refractivity contribution in [2.75, 3.05) is 121 Å². The van der Waals surface area contributed by atoms with Crippen molar-refractivity contribution < 1.29 is 38.6 Å². The monoisotopic (exact) mass is 1530 g/mol. The number of nitrogen functional groups attached to an aromatic ring is 2. The van der Waals surface area contributed by atoms with Crippen molar-refractivity contribution in [3.05, 3.63) is 242 Å². The Labute approximate surface area is 652 Å². The van der Waals surface area contributed by atoms with E-state index in [1.807, 2.05) is 117 Å². The van der Waals surface area contributed by atoms with E-state index in [0.29, 0.717) is 81.0 Å². The molecule has 17 rings (SSSR count). The van der Waals surface area contributed by atoms with Gasteiger partial charge in [0.25, 0.3) is 23.6 Å². The van der Waals surface area contributed by atoms with Gasteiger partial charge in [-0.1, -0.05) is 72.3 Å². The summed E-state index contributed by atoms with van der Waals surface area (Å²) in [6, 6.07) is 52.7. The molecule has 6 aliphatic heterocycles. The molecule has 564 valence electrons. The number of thiophene rings is 2. The number of aryl methyl sites for hydroxylation is 2. The number of imidazole rings is 1. The number of nitrogens with two attached hydrogens (primary N) is 2. The van der Waals surface area contributed by atoms with E-state index in [1.165, 1.54) is 22.5 Å². The number of anilines is 8. The maximum Gasteiger partial charge on any atom is 0.345 e. The number of aromatic carboxylic acids is 1. The van der Waals surface area contributed by atoms with Gasteiger partial charge in [-0.25, -0.2) is 19.7 Å². The quantitative estimate of drug-likeness (QED) is 0.0519. The highest BCUT2D eigenvalue weighted by Crippen LogP contribution is 2.48. The zero-order valence-corrected chi connectivity index (χ0v) is 64.8. The van der Waals surface area contributed by atoms with Crippen molar-refractivity contribution in [1.82, 2.24) is 24.8 Å². The summed E-state index contributed by atoms with van der Waals surface area (Å²) in [5.41, 5.74) is 27.3. The summed E-state index contributed by atoms with van der Waals surface area (Å²) in [7, 11) is 3.85. The molecule has 4 saturated heterocycles. The Morgan fingerprint density at radius 3 is 1.51 bits per heavy atom. The number of rotatable bonds is 11. The van der Waals surface area contributed by atoms with Gasteiger partial charge in [-0.2, -0.15) is 0 Å². The number of aromatic nitrogens is 4. The number of allylic oxidation sites excluding steroid dienone is 1. The second kappa shape index (κ2) is 32.5. The van der Waals surface area contributed by atoms with Crippen LogP contribution in [0, 0.1) is 24.7 Å². The minimum atomic E-state index is -0.945. The van der Waals surface area contributed by atoms with Crippen LogP contribution in [0.25, 0.3) is 42.6 Å². The molecule has 8 N–H and O–H groups in total. The van der Waals surface area contributed by atoms with Crippen molar-refractivity contribution >= 4 is 121 Å². The molecule has 6 aromatic carbocycles. The summed E-state index contributed by atoms with van der Waals surface area (Å²) in [5.74, 6) is 0.622. The Balaban J connectivity index is 0.000000152. The molecule has 0 unspecified atom stereocenters. The van der Waals surface area contributed by atoms with Crippen molar-refractivity contribution in [2.45, 2.75) is 66.2 Å².